The van der Waals surface area contributed by atoms with Crippen LogP contribution in [-0.2, 0) is 44.8 Å². The molecule has 0 aliphatic heterocycles. The average Bonchev–Trinajstić information content (AvgIpc) is 4.32. The molecule has 5 aliphatic rings. The van der Waals surface area contributed by atoms with Gasteiger partial charge in [-0.25, -0.2) is 0 Å². The Bertz CT molecular complexity index is 2130. The number of ether oxygens (including phenoxy) is 3. The van der Waals surface area contributed by atoms with Gasteiger partial charge in [0.15, 0.2) is 0 Å². The molecule has 5 fully saturated rings. The van der Waals surface area contributed by atoms with E-state index in [4.69, 9.17) is 14.2 Å². The van der Waals surface area contributed by atoms with Gasteiger partial charge in [-0.3, -0.25) is 29.3 Å². The minimum Gasteiger partial charge on any atom is -0.461 e. The maximum Gasteiger partial charge on any atom is 0.311 e. The smallest absolute Gasteiger partial charge is 0.311 e. The lowest BCUT2D eigenvalue weighted by atomic mass is 9.72. The average molecular weight is 1200 g/mol. The normalized spacial score (nSPS) is 27.7. The molecule has 5 aliphatic carbocycles. The number of nitrogens with zero attached hydrogens (tertiary/aromatic N) is 2. The fourth-order valence-electron chi connectivity index (χ4n) is 15.5. The molecule has 4 amide bonds. The van der Waals surface area contributed by atoms with Crippen molar-refractivity contribution in [2.45, 2.75) is 291 Å². The van der Waals surface area contributed by atoms with Gasteiger partial charge < -0.3 is 34.6 Å². The van der Waals surface area contributed by atoms with Gasteiger partial charge in [-0.05, 0) is 152 Å². The molecule has 0 radical (unpaired) electrons. The Balaban J connectivity index is 1.19. The number of halogens is 1. The van der Waals surface area contributed by atoms with Gasteiger partial charge in [0.05, 0.1) is 30.0 Å². The highest BCUT2D eigenvalue weighted by Crippen LogP contribution is 2.44. The van der Waals surface area contributed by atoms with Crippen LogP contribution in [0.4, 0.5) is 0 Å². The molecule has 0 bridgehead atoms. The summed E-state index contributed by atoms with van der Waals surface area (Å²) < 4.78 is 19.7. The Morgan fingerprint density at radius 3 is 1.84 bits per heavy atom. The van der Waals surface area contributed by atoms with Crippen LogP contribution in [0.5, 0.6) is 0 Å². The summed E-state index contributed by atoms with van der Waals surface area (Å²) in [5.41, 5.74) is 0.374. The summed E-state index contributed by atoms with van der Waals surface area (Å²) in [7, 11) is 1.90. The molecular weight excluding hydrogens is 1080 g/mol. The van der Waals surface area contributed by atoms with E-state index in [1.165, 1.54) is 0 Å². The van der Waals surface area contributed by atoms with E-state index in [9.17, 15) is 14.4 Å². The molecule has 0 saturated heterocycles. The van der Waals surface area contributed by atoms with Crippen molar-refractivity contribution in [2.75, 3.05) is 20.2 Å². The van der Waals surface area contributed by atoms with Crippen molar-refractivity contribution in [3.8, 4) is 0 Å². The van der Waals surface area contributed by atoms with Gasteiger partial charge in [0.2, 0.25) is 29.5 Å². The minimum atomic E-state index is -1.03. The van der Waals surface area contributed by atoms with E-state index < -0.39 is 11.5 Å². The van der Waals surface area contributed by atoms with Crippen LogP contribution in [0.25, 0.3) is 0 Å². The molecule has 13 nitrogen and oxygen atoms in total. The van der Waals surface area contributed by atoms with Crippen LogP contribution >= 0.6 is 15.9 Å². The second-order valence-corrected chi connectivity index (χ2v) is 28.1. The van der Waals surface area contributed by atoms with Crippen LogP contribution in [0.15, 0.2) is 28.7 Å². The van der Waals surface area contributed by atoms with Gasteiger partial charge in [-0.2, -0.15) is 0 Å². The van der Waals surface area contributed by atoms with Crippen LogP contribution in [-0.4, -0.2) is 101 Å². The fourth-order valence-corrected chi connectivity index (χ4v) is 15.7. The maximum absolute atomic E-state index is 16.0. The summed E-state index contributed by atoms with van der Waals surface area (Å²) in [6, 6.07) is 6.94. The molecule has 1 aromatic carbocycles. The molecule has 81 heavy (non-hydrogen) atoms. The first-order valence-electron chi connectivity index (χ1n) is 32.9. The third-order valence-corrected chi connectivity index (χ3v) is 20.3. The molecule has 460 valence electrons. The van der Waals surface area contributed by atoms with Crippen molar-refractivity contribution in [3.63, 3.8) is 0 Å². The number of carbonyl (C=O) groups is 5. The van der Waals surface area contributed by atoms with Gasteiger partial charge in [0.1, 0.15) is 6.61 Å². The van der Waals surface area contributed by atoms with Crippen molar-refractivity contribution < 1.29 is 38.2 Å². The topological polar surface area (TPSA) is 156 Å². The first-order chi connectivity index (χ1) is 38.7. The first-order valence-corrected chi connectivity index (χ1v) is 33.7. The van der Waals surface area contributed by atoms with Crippen molar-refractivity contribution in [3.05, 3.63) is 34.3 Å². The van der Waals surface area contributed by atoms with E-state index in [1.807, 2.05) is 63.9 Å². The first kappa shape index (κ1) is 67.1. The number of esters is 1. The summed E-state index contributed by atoms with van der Waals surface area (Å²) in [4.78, 5) is 78.6. The lowest BCUT2D eigenvalue weighted by molar-refractivity contribution is -0.289. The van der Waals surface area contributed by atoms with E-state index in [2.05, 4.69) is 78.3 Å². The van der Waals surface area contributed by atoms with E-state index in [-0.39, 0.29) is 113 Å². The molecule has 1 unspecified atom stereocenters. The van der Waals surface area contributed by atoms with Crippen LogP contribution in [0.1, 0.15) is 248 Å². The van der Waals surface area contributed by atoms with Gasteiger partial charge in [0.25, 0.3) is 0 Å². The van der Waals surface area contributed by atoms with E-state index in [0.29, 0.717) is 32.4 Å². The predicted octanol–water partition coefficient (Wildman–Crippen LogP) is 14.0. The van der Waals surface area contributed by atoms with Crippen molar-refractivity contribution in [2.24, 2.45) is 46.8 Å². The minimum absolute atomic E-state index is 0.00740. The highest BCUT2D eigenvalue weighted by Gasteiger charge is 2.49. The van der Waals surface area contributed by atoms with Crippen molar-refractivity contribution in [1.29, 1.82) is 0 Å². The Morgan fingerprint density at radius 2 is 1.20 bits per heavy atom. The number of nitrogens with one attached hydrogen (secondary N) is 3. The monoisotopic (exact) mass is 1190 g/mol. The predicted molar refractivity (Wildman–Crippen MR) is 328 cm³/mol. The van der Waals surface area contributed by atoms with Gasteiger partial charge in [-0.1, -0.05) is 147 Å². The van der Waals surface area contributed by atoms with Crippen molar-refractivity contribution >= 4 is 45.5 Å². The summed E-state index contributed by atoms with van der Waals surface area (Å²) in [6.45, 7) is 22.7. The SMILES string of the molecule is CCCCOC(C)(N[C@H]1CCC[C@@H]1C(=O)N[C@H]1CCCC[C@H]1[C@H](CC)C(=O)N[C@H]1CCC[C@@H]1C(=O)N(CC(C)(CCCC)CCCC)[C@H]1CCCC[C@H]1[C@@H](CC)C(=O)N(C)[C@H]1CCC[C@@H]1C(=O)OCc1ccc(Br)cc1)OC(C)(C)C. The lowest BCUT2D eigenvalue weighted by Gasteiger charge is -2.48. The highest BCUT2D eigenvalue weighted by atomic mass is 79.9. The third-order valence-electron chi connectivity index (χ3n) is 19.8. The number of amides is 4. The van der Waals surface area contributed by atoms with Crippen LogP contribution in [0, 0.1) is 46.8 Å². The van der Waals surface area contributed by atoms with Crippen LogP contribution < -0.4 is 16.0 Å². The van der Waals surface area contributed by atoms with Gasteiger partial charge in [-0.15, -0.1) is 0 Å². The molecule has 0 heterocycles. The molecule has 14 heteroatoms. The molecule has 0 spiro atoms. The molecule has 6 rings (SSSR count). The van der Waals surface area contributed by atoms with E-state index in [1.54, 1.807) is 0 Å². The zero-order chi connectivity index (χ0) is 58.9. The maximum atomic E-state index is 16.0. The zero-order valence-electron chi connectivity index (χ0n) is 52.5. The number of unbranched alkanes of at least 4 members (excludes halogenated alkanes) is 3. The molecule has 5 saturated carbocycles. The Morgan fingerprint density at radius 1 is 0.630 bits per heavy atom. The zero-order valence-corrected chi connectivity index (χ0v) is 54.1. The second kappa shape index (κ2) is 31.9. The molecule has 3 N–H and O–H groups in total. The number of benzene rings is 1. The summed E-state index contributed by atoms with van der Waals surface area (Å²) in [6.07, 6.45) is 24.3. The Labute approximate surface area is 499 Å². The Hall–Kier alpha value is -3.07. The standard InChI is InChI=1S/C67H112BrN5O8/c1-12-17-41-66(9,42-18-13-2)45-73(59-35-23-21-28-51(59)49(16-5)62(76)72(11)58-36-26-31-54(58)64(78)79-44-46-37-39-47(68)40-38-46)63(77)53-30-25-33-56(53)70-60(74)48(15-4)50-27-20-22-32-55(50)69-61(75)52-29-24-34-57(52)71-67(10,80-43-19-14-3)81-65(6,7)8/h37-40,48-59,71H,12-36,41-45H2,1-11H3,(H,69,75)(H,70,74)/t48-,49+,50-,51-,52-,53-,54-,55-,56-,57-,58-,59-,67?/m0/s1. The van der Waals surface area contributed by atoms with Gasteiger partial charge in [0, 0.05) is 67.0 Å². The summed E-state index contributed by atoms with van der Waals surface area (Å²) in [5, 5.41) is 10.8. The number of rotatable bonds is 30. The fraction of sp³-hybridized carbons (Fsp3) is 0.836. The summed E-state index contributed by atoms with van der Waals surface area (Å²) >= 11 is 3.49. The van der Waals surface area contributed by atoms with E-state index in [0.717, 1.165) is 164 Å². The molecule has 1 aromatic rings. The Kier molecular flexibility index (Phi) is 26.4. The molecule has 0 aromatic heterocycles. The lowest BCUT2D eigenvalue weighted by Crippen LogP contribution is -2.58. The highest BCUT2D eigenvalue weighted by molar-refractivity contribution is 9.10. The van der Waals surface area contributed by atoms with Crippen molar-refractivity contribution in [1.82, 2.24) is 25.8 Å². The number of hydrogen-bond acceptors (Lipinski definition) is 9. The summed E-state index contributed by atoms with van der Waals surface area (Å²) in [5.74, 6) is -2.62. The number of hydrogen-bond donors (Lipinski definition) is 3. The molecular formula is C67H112BrN5O8. The quantitative estimate of drug-likeness (QED) is 0.0388. The largest absolute Gasteiger partial charge is 0.461 e. The number of carbonyl (C=O) groups excluding carboxylic acids is 5. The third kappa shape index (κ3) is 18.7. The molecule has 13 atom stereocenters. The van der Waals surface area contributed by atoms with Crippen LogP contribution in [0.3, 0.4) is 0 Å². The van der Waals surface area contributed by atoms with Crippen LogP contribution in [0.2, 0.25) is 0 Å². The van der Waals surface area contributed by atoms with E-state index >= 15 is 9.59 Å². The van der Waals surface area contributed by atoms with Gasteiger partial charge >= 0.3 is 5.97 Å². The second-order valence-electron chi connectivity index (χ2n) is 27.2.